The molecule has 572 valence electrons. The normalized spacial score (nSPS) is 25.0. The highest BCUT2D eigenvalue weighted by Gasteiger charge is 2.44. The maximum atomic E-state index is 14.8. The van der Waals surface area contributed by atoms with Crippen LogP contribution < -0.4 is 42.5 Å². The Bertz CT molecular complexity index is 2820. The summed E-state index contributed by atoms with van der Waals surface area (Å²) in [5, 5.41) is 21.8. The first kappa shape index (κ1) is 90.7. The van der Waals surface area contributed by atoms with E-state index >= 15 is 0 Å². The van der Waals surface area contributed by atoms with E-state index in [-0.39, 0.29) is 68.7 Å². The minimum Gasteiger partial charge on any atom is -0.458 e. The molecule has 29 nitrogen and oxygen atoms in total. The van der Waals surface area contributed by atoms with E-state index in [2.05, 4.69) is 42.5 Å². The van der Waals surface area contributed by atoms with Gasteiger partial charge in [0.25, 0.3) is 0 Å². The Morgan fingerprint density at radius 2 is 0.990 bits per heavy atom. The fourth-order valence-electron chi connectivity index (χ4n) is 11.9. The molecule has 1 aliphatic heterocycles. The number of nitrogens with one attached hydrogen (secondary N) is 8. The van der Waals surface area contributed by atoms with Crippen LogP contribution in [0, 0.1) is 47.3 Å². The van der Waals surface area contributed by atoms with Crippen molar-refractivity contribution < 1.29 is 76.1 Å². The van der Waals surface area contributed by atoms with E-state index in [9.17, 15) is 71.3 Å². The van der Waals surface area contributed by atoms with E-state index in [1.165, 1.54) is 70.0 Å². The van der Waals surface area contributed by atoms with Gasteiger partial charge in [0.1, 0.15) is 72.3 Å². The van der Waals surface area contributed by atoms with Gasteiger partial charge in [0.15, 0.2) is 0 Å². The van der Waals surface area contributed by atoms with Gasteiger partial charge in [-0.05, 0) is 80.5 Å². The van der Waals surface area contributed by atoms with Crippen molar-refractivity contribution in [1.29, 1.82) is 0 Å². The summed E-state index contributed by atoms with van der Waals surface area (Å²) >= 11 is 0. The molecule has 0 saturated carbocycles. The molecule has 8 N–H and O–H groups in total. The fraction of sp³-hybridized carbons (Fsp3) is 0.800. The summed E-state index contributed by atoms with van der Waals surface area (Å²) in [4.78, 5) is 205. The van der Waals surface area contributed by atoms with Gasteiger partial charge in [0.05, 0.1) is 0 Å². The van der Waals surface area contributed by atoms with Crippen LogP contribution in [0.5, 0.6) is 0 Å². The molecule has 4 unspecified atom stereocenters. The van der Waals surface area contributed by atoms with Gasteiger partial charge >= 0.3 is 5.97 Å². The summed E-state index contributed by atoms with van der Waals surface area (Å²) in [6.45, 7) is 30.5. The molecule has 1 saturated heterocycles. The summed E-state index contributed by atoms with van der Waals surface area (Å²) < 4.78 is 18.1. The van der Waals surface area contributed by atoms with Gasteiger partial charge in [-0.1, -0.05) is 130 Å². The number of rotatable bonds is 21. The average molecular weight is 1440 g/mol. The van der Waals surface area contributed by atoms with Crippen LogP contribution in [-0.4, -0.2) is 245 Å². The molecular weight excluding hydrogens is 1310 g/mol. The van der Waals surface area contributed by atoms with Crippen LogP contribution in [0.4, 0.5) is 0 Å². The second-order valence-corrected chi connectivity index (χ2v) is 30.5. The van der Waals surface area contributed by atoms with Crippen molar-refractivity contribution in [2.75, 3.05) is 66.9 Å². The number of cyclic esters (lactones) is 1. The molecule has 0 aliphatic carbocycles. The van der Waals surface area contributed by atoms with Crippen LogP contribution >= 0.6 is 0 Å². The SMILES string of the molecule is CC[C@H](C)C1C(=O)NCCC(=O)N[C@H]([C@@H](C)CC)C(=O)N(C)C(C(C)C)C(=O)N(C)[C@@H](C)C(=O)NCCC(=O)NC(CC(C)C)C(=O)N(C)[C@H]([C@@H](C)CC)C(=O)O[C@H](C)[C@H](NC(=O)[C@@H](CC(C)C)N(C)C(=O)[C@@H](NC(=O)CS(C)=O)C(C)C)C(=O)NCCC(=O)N[C@H](CC(C)C)C(=O)N1C. The second kappa shape index (κ2) is 43.5. The molecule has 1 heterocycles. The van der Waals surface area contributed by atoms with Crippen LogP contribution in [0.15, 0.2) is 0 Å². The number of ether oxygens (including phenoxy) is 1. The van der Waals surface area contributed by atoms with Crippen molar-refractivity contribution >= 4 is 93.6 Å². The Hall–Kier alpha value is -7.27. The third-order valence-electron chi connectivity index (χ3n) is 18.5. The van der Waals surface area contributed by atoms with Crippen LogP contribution in [0.1, 0.15) is 182 Å². The molecule has 30 heteroatoms. The summed E-state index contributed by atoms with van der Waals surface area (Å²) in [7, 11) is 5.50. The molecule has 13 amide bonds. The lowest BCUT2D eigenvalue weighted by molar-refractivity contribution is -0.163. The van der Waals surface area contributed by atoms with Gasteiger partial charge in [0, 0.05) is 91.2 Å². The van der Waals surface area contributed by atoms with Crippen molar-refractivity contribution in [2.45, 2.75) is 249 Å². The number of nitrogens with zero attached hydrogens (tertiary/aromatic N) is 5. The molecular formula is C70H125N13O16S. The maximum Gasteiger partial charge on any atom is 0.329 e. The van der Waals surface area contributed by atoms with Crippen LogP contribution in [-0.2, 0) is 82.7 Å². The van der Waals surface area contributed by atoms with E-state index in [0.29, 0.717) is 19.3 Å². The molecule has 0 radical (unpaired) electrons. The van der Waals surface area contributed by atoms with Crippen LogP contribution in [0.2, 0.25) is 0 Å². The highest BCUT2D eigenvalue weighted by molar-refractivity contribution is 7.85. The molecule has 1 aliphatic rings. The molecule has 1 rings (SSSR count). The number of amides is 13. The lowest BCUT2D eigenvalue weighted by atomic mass is 9.94. The fourth-order valence-corrected chi connectivity index (χ4v) is 12.3. The summed E-state index contributed by atoms with van der Waals surface area (Å²) in [5.41, 5.74) is 0. The molecule has 0 bridgehead atoms. The molecule has 0 aromatic rings. The molecule has 0 aromatic heterocycles. The zero-order valence-corrected chi connectivity index (χ0v) is 65.2. The first-order valence-electron chi connectivity index (χ1n) is 35.6. The van der Waals surface area contributed by atoms with Crippen LogP contribution in [0.25, 0.3) is 0 Å². The minimum atomic E-state index is -1.75. The van der Waals surface area contributed by atoms with E-state index in [0.717, 1.165) is 9.80 Å². The number of carbonyl (C=O) groups is 14. The van der Waals surface area contributed by atoms with Crippen molar-refractivity contribution in [3.05, 3.63) is 0 Å². The van der Waals surface area contributed by atoms with Gasteiger partial charge in [-0.25, -0.2) is 4.79 Å². The third-order valence-corrected chi connectivity index (χ3v) is 19.2. The van der Waals surface area contributed by atoms with E-state index in [1.54, 1.807) is 69.2 Å². The van der Waals surface area contributed by atoms with E-state index in [1.807, 2.05) is 41.5 Å². The van der Waals surface area contributed by atoms with Crippen LogP contribution in [0.3, 0.4) is 0 Å². The molecule has 100 heavy (non-hydrogen) atoms. The van der Waals surface area contributed by atoms with Gasteiger partial charge < -0.3 is 71.8 Å². The van der Waals surface area contributed by atoms with Crippen molar-refractivity contribution in [3.63, 3.8) is 0 Å². The largest absolute Gasteiger partial charge is 0.458 e. The molecule has 0 spiro atoms. The van der Waals surface area contributed by atoms with Gasteiger partial charge in [-0.15, -0.1) is 0 Å². The maximum absolute atomic E-state index is 14.8. The number of carbonyl (C=O) groups excluding carboxylic acids is 14. The summed E-state index contributed by atoms with van der Waals surface area (Å²) in [5.74, 6) is -13.1. The third kappa shape index (κ3) is 28.3. The first-order valence-corrected chi connectivity index (χ1v) is 37.3. The Labute approximate surface area is 597 Å². The smallest absolute Gasteiger partial charge is 0.329 e. The Balaban J connectivity index is 4.19. The number of esters is 1. The van der Waals surface area contributed by atoms with Crippen molar-refractivity contribution in [2.24, 2.45) is 47.3 Å². The molecule has 1 fully saturated rings. The highest BCUT2D eigenvalue weighted by Crippen LogP contribution is 2.24. The van der Waals surface area contributed by atoms with E-state index < -0.39 is 203 Å². The first-order chi connectivity index (χ1) is 46.4. The minimum absolute atomic E-state index is 0.0340. The quantitative estimate of drug-likeness (QED) is 0.0762. The average Bonchev–Trinajstić information content (AvgIpc) is 0.832. The standard InChI is InChI=1S/C70H125N13O16S/c1-25-43(14)56-68(95)81(21)58(42(12)13)69(96)79(19)46(17)61(88)71-31-28-51(84)75-49(35-39(6)7)66(93)83(23)60(45(16)27-3)70(97)99-47(18)57(78-62(89)50(36-40(8)9)80(20)67(94)55(41(10)11)77-54(87)37-100(24)98)63(90)72-32-29-52(85)74-48(34-38(4)5)65(92)82(22)59(44(15)26-2)64(91)73-33-30-53(86)76-56/h38-50,55-60H,25-37H2,1-24H3,(H,71,88)(H,72,90)(H,73,91)(H,74,85)(H,75,84)(H,76,86)(H,77,87)(H,78,89)/t43-,44-,45-,46-,47+,48+,49?,50+,55-,56+,57-,58?,59?,60+,100?/m0/s1. The highest BCUT2D eigenvalue weighted by atomic mass is 32.2. The number of likely N-dealkylation sites (N-methyl/N-ethyl adjacent to an activating group) is 5. The molecule has 0 aromatic carbocycles. The number of hydrogen-bond acceptors (Lipinski definition) is 16. The van der Waals surface area contributed by atoms with Crippen molar-refractivity contribution in [3.8, 4) is 0 Å². The Kier molecular flexibility index (Phi) is 39.5. The zero-order chi connectivity index (χ0) is 77.1. The topological polar surface area (TPSA) is 378 Å². The number of hydrogen-bond donors (Lipinski definition) is 8. The second-order valence-electron chi connectivity index (χ2n) is 29.1. The summed E-state index contributed by atoms with van der Waals surface area (Å²) in [6, 6.07) is -12.4. The predicted octanol–water partition coefficient (Wildman–Crippen LogP) is 2.00. The molecule has 15 atom stereocenters. The predicted molar refractivity (Wildman–Crippen MR) is 382 cm³/mol. The van der Waals surface area contributed by atoms with Crippen molar-refractivity contribution in [1.82, 2.24) is 67.0 Å². The van der Waals surface area contributed by atoms with Gasteiger partial charge in [-0.2, -0.15) is 0 Å². The zero-order valence-electron chi connectivity index (χ0n) is 64.3. The van der Waals surface area contributed by atoms with Gasteiger partial charge in [-0.3, -0.25) is 66.5 Å². The summed E-state index contributed by atoms with van der Waals surface area (Å²) in [6.07, 6.45) is 0.252. The Morgan fingerprint density at radius 3 is 1.42 bits per heavy atom. The van der Waals surface area contributed by atoms with Gasteiger partial charge in [0.2, 0.25) is 76.8 Å². The lowest BCUT2D eigenvalue weighted by Gasteiger charge is -2.37. The van der Waals surface area contributed by atoms with E-state index in [4.69, 9.17) is 4.74 Å². The monoisotopic (exact) mass is 1440 g/mol. The Morgan fingerprint density at radius 1 is 0.560 bits per heavy atom. The lowest BCUT2D eigenvalue weighted by Crippen LogP contribution is -2.61.